The number of carbonyl (C=O) groups excluding carboxylic acids is 7. The maximum atomic E-state index is 11.7. The van der Waals surface area contributed by atoms with Crippen LogP contribution in [0.25, 0.3) is 0 Å². The third-order valence-corrected chi connectivity index (χ3v) is 9.65. The molecule has 0 atom stereocenters. The summed E-state index contributed by atoms with van der Waals surface area (Å²) in [5.41, 5.74) is -1.28. The SMILES string of the molecule is CC(C)(C)C(=O)C1CCCC1.CC(C)(C)C(=O)Oc1ccccc1.CC(C)(C)C(=O)c1ccccc1.CC(C)C(=O)C(C)(C)C.CC(C)OC(=O)C(C)(C)C.CCOC(=O)C(C)(C)C.COC(=O)C(C)(C)C. The summed E-state index contributed by atoms with van der Waals surface area (Å²) >= 11 is 0. The molecular weight excluding hydrogens is 909 g/mol. The third-order valence-electron chi connectivity index (χ3n) is 9.65. The Bertz CT molecular complexity index is 1870. The lowest BCUT2D eigenvalue weighted by atomic mass is 9.82. The first kappa shape index (κ1) is 73.9. The predicted molar refractivity (Wildman–Crippen MR) is 296 cm³/mol. The highest BCUT2D eigenvalue weighted by Gasteiger charge is 2.31. The number of carbonyl (C=O) groups is 7. The van der Waals surface area contributed by atoms with E-state index in [1.54, 1.807) is 12.1 Å². The maximum absolute atomic E-state index is 11.7. The third kappa shape index (κ3) is 37.1. The van der Waals surface area contributed by atoms with Crippen LogP contribution < -0.4 is 4.74 Å². The molecular formula is C61H104O11. The number of hydrogen-bond acceptors (Lipinski definition) is 11. The molecule has 1 fully saturated rings. The fourth-order valence-corrected chi connectivity index (χ4v) is 5.48. The van der Waals surface area contributed by atoms with Crippen molar-refractivity contribution in [2.75, 3.05) is 13.7 Å². The topological polar surface area (TPSA) is 156 Å². The second-order valence-electron chi connectivity index (χ2n) is 25.7. The van der Waals surface area contributed by atoms with E-state index >= 15 is 0 Å². The second-order valence-corrected chi connectivity index (χ2v) is 25.7. The van der Waals surface area contributed by atoms with Crippen LogP contribution in [0.3, 0.4) is 0 Å². The highest BCUT2D eigenvalue weighted by Crippen LogP contribution is 2.32. The molecule has 0 aromatic heterocycles. The molecule has 0 N–H and O–H groups in total. The van der Waals surface area contributed by atoms with Crippen molar-refractivity contribution in [2.45, 2.75) is 212 Å². The minimum absolute atomic E-state index is 0.00766. The molecule has 0 aliphatic heterocycles. The summed E-state index contributed by atoms with van der Waals surface area (Å²) in [5.74, 6) is 1.51. The van der Waals surface area contributed by atoms with E-state index in [0.29, 0.717) is 29.8 Å². The monoisotopic (exact) mass is 1010 g/mol. The van der Waals surface area contributed by atoms with Crippen molar-refractivity contribution < 1.29 is 52.5 Å². The summed E-state index contributed by atoms with van der Waals surface area (Å²) in [7, 11) is 1.40. The Balaban J connectivity index is -0.000000377. The molecule has 0 bridgehead atoms. The van der Waals surface area contributed by atoms with E-state index in [9.17, 15) is 33.6 Å². The van der Waals surface area contributed by atoms with Gasteiger partial charge < -0.3 is 18.9 Å². The van der Waals surface area contributed by atoms with Crippen LogP contribution in [0.15, 0.2) is 60.7 Å². The van der Waals surface area contributed by atoms with E-state index in [1.165, 1.54) is 20.0 Å². The number of rotatable bonds is 6. The van der Waals surface area contributed by atoms with Crippen molar-refractivity contribution in [3.8, 4) is 5.75 Å². The van der Waals surface area contributed by atoms with Gasteiger partial charge in [-0.1, -0.05) is 138 Å². The highest BCUT2D eigenvalue weighted by molar-refractivity contribution is 5.99. The van der Waals surface area contributed by atoms with Crippen molar-refractivity contribution in [3.63, 3.8) is 0 Å². The molecule has 414 valence electrons. The zero-order valence-corrected chi connectivity index (χ0v) is 50.5. The molecule has 0 spiro atoms. The summed E-state index contributed by atoms with van der Waals surface area (Å²) in [6, 6.07) is 18.5. The van der Waals surface area contributed by atoms with Crippen molar-refractivity contribution >= 4 is 41.2 Å². The van der Waals surface area contributed by atoms with Gasteiger partial charge >= 0.3 is 23.9 Å². The highest BCUT2D eigenvalue weighted by atomic mass is 16.5. The van der Waals surface area contributed by atoms with Crippen LogP contribution >= 0.6 is 0 Å². The van der Waals surface area contributed by atoms with Gasteiger partial charge in [-0.05, 0) is 129 Å². The molecule has 0 amide bonds. The first-order valence-electron chi connectivity index (χ1n) is 25.6. The number of ketones is 3. The van der Waals surface area contributed by atoms with Gasteiger partial charge in [0.05, 0.1) is 41.5 Å². The van der Waals surface area contributed by atoms with Crippen LogP contribution in [-0.4, -0.2) is 61.0 Å². The first-order valence-corrected chi connectivity index (χ1v) is 25.6. The van der Waals surface area contributed by atoms with Crippen molar-refractivity contribution in [3.05, 3.63) is 66.2 Å². The molecule has 1 saturated carbocycles. The van der Waals surface area contributed by atoms with Crippen LogP contribution in [-0.2, 0) is 43.0 Å². The van der Waals surface area contributed by atoms with Crippen molar-refractivity contribution in [1.82, 2.24) is 0 Å². The van der Waals surface area contributed by atoms with Gasteiger partial charge in [-0.15, -0.1) is 0 Å². The van der Waals surface area contributed by atoms with Crippen LogP contribution in [0.5, 0.6) is 5.75 Å². The lowest BCUT2D eigenvalue weighted by Crippen LogP contribution is -2.26. The fraction of sp³-hybridized carbons (Fsp3) is 0.689. The Morgan fingerprint density at radius 3 is 1.08 bits per heavy atom. The fourth-order valence-electron chi connectivity index (χ4n) is 5.48. The number of hydrogen-bond donors (Lipinski definition) is 0. The summed E-state index contributed by atoms with van der Waals surface area (Å²) in [6.45, 7) is 49.6. The maximum Gasteiger partial charge on any atom is 0.316 e. The molecule has 0 saturated heterocycles. The van der Waals surface area contributed by atoms with Gasteiger partial charge in [-0.3, -0.25) is 33.6 Å². The Hall–Kier alpha value is -4.67. The summed E-state index contributed by atoms with van der Waals surface area (Å²) in [4.78, 5) is 78.4. The van der Waals surface area contributed by atoms with Gasteiger partial charge in [0.1, 0.15) is 17.3 Å². The molecule has 11 nitrogen and oxygen atoms in total. The van der Waals surface area contributed by atoms with Gasteiger partial charge in [0, 0.05) is 33.6 Å². The number of benzene rings is 2. The number of methoxy groups -OCH3 is 1. The number of Topliss-reactive ketones (excluding diaryl/α,β-unsaturated/α-hetero) is 3. The Labute approximate surface area is 439 Å². The van der Waals surface area contributed by atoms with Gasteiger partial charge in [0.15, 0.2) is 5.78 Å². The quantitative estimate of drug-likeness (QED) is 0.117. The zero-order valence-electron chi connectivity index (χ0n) is 50.5. The van der Waals surface area contributed by atoms with Gasteiger partial charge in [0.2, 0.25) is 0 Å². The van der Waals surface area contributed by atoms with Gasteiger partial charge in [-0.2, -0.15) is 0 Å². The summed E-state index contributed by atoms with van der Waals surface area (Å²) < 4.78 is 19.4. The number of para-hydroxylation sites is 1. The van der Waals surface area contributed by atoms with E-state index in [4.69, 9.17) is 14.2 Å². The van der Waals surface area contributed by atoms with E-state index < -0.39 is 5.41 Å². The predicted octanol–water partition coefficient (Wildman–Crippen LogP) is 15.4. The molecule has 0 radical (unpaired) electrons. The van der Waals surface area contributed by atoms with Crippen LogP contribution in [0.2, 0.25) is 0 Å². The first-order chi connectivity index (χ1) is 32.2. The molecule has 0 heterocycles. The van der Waals surface area contributed by atoms with Crippen LogP contribution in [0.4, 0.5) is 0 Å². The minimum atomic E-state index is -0.449. The molecule has 72 heavy (non-hydrogen) atoms. The molecule has 3 rings (SSSR count). The Morgan fingerprint density at radius 1 is 0.486 bits per heavy atom. The minimum Gasteiger partial charge on any atom is -0.469 e. The van der Waals surface area contributed by atoms with Crippen LogP contribution in [0.1, 0.15) is 216 Å². The lowest BCUT2D eigenvalue weighted by molar-refractivity contribution is -0.157. The Morgan fingerprint density at radius 2 is 0.861 bits per heavy atom. The smallest absolute Gasteiger partial charge is 0.316 e. The standard InChI is InChI=1S/C11H14O2.C11H14O.C10H18O.C8H16O2.C8H16O.C7H14O2.C6H12O2/c1-11(2,3)10(12)13-9-7-5-4-6-8-9;1-11(2,3)10(12)9-7-5-4-6-8-9;1-10(2,3)9(11)8-6-4-5-7-8;1-6(2)10-7(9)8(3,4)5;1-6(2)7(9)8(3,4)5;1-5-9-6(8)7(2,3)4;1-6(2,3)5(7)8-4/h4-8H,1-3H3;4-8H,1-3H3;8H,4-7H2,1-3H3;6H,1-5H3;6H,1-5H3;5H2,1-4H3;1-4H3. The lowest BCUT2D eigenvalue weighted by Gasteiger charge is -2.20. The Kier molecular flexibility index (Phi) is 34.1. The van der Waals surface area contributed by atoms with Gasteiger partial charge in [0.25, 0.3) is 0 Å². The second kappa shape index (κ2) is 33.2. The van der Waals surface area contributed by atoms with E-state index in [0.717, 1.165) is 18.4 Å². The molecule has 2 aromatic carbocycles. The molecule has 11 heteroatoms. The molecule has 1 aliphatic carbocycles. The molecule has 2 aromatic rings. The van der Waals surface area contributed by atoms with E-state index in [2.05, 4.69) is 4.74 Å². The van der Waals surface area contributed by atoms with Crippen molar-refractivity contribution in [2.24, 2.45) is 49.7 Å². The summed E-state index contributed by atoms with van der Waals surface area (Å²) in [5, 5.41) is 0. The average Bonchev–Trinajstić information content (AvgIpc) is 3.77. The normalized spacial score (nSPS) is 12.8. The van der Waals surface area contributed by atoms with Gasteiger partial charge in [-0.25, -0.2) is 0 Å². The number of esters is 4. The number of ether oxygens (including phenoxy) is 4. The largest absolute Gasteiger partial charge is 0.469 e. The van der Waals surface area contributed by atoms with E-state index in [1.807, 2.05) is 229 Å². The molecule has 0 unspecified atom stereocenters. The van der Waals surface area contributed by atoms with E-state index in [-0.39, 0.29) is 74.2 Å². The summed E-state index contributed by atoms with van der Waals surface area (Å²) in [6.07, 6.45) is 4.78. The van der Waals surface area contributed by atoms with Crippen LogP contribution in [0, 0.1) is 49.7 Å². The van der Waals surface area contributed by atoms with Crippen molar-refractivity contribution in [1.29, 1.82) is 0 Å². The zero-order chi connectivity index (χ0) is 57.9. The molecule has 1 aliphatic rings. The average molecular weight is 1010 g/mol.